The molecule has 2 rings (SSSR count). The molecular weight excluding hydrogens is 328 g/mol. The van der Waals surface area contributed by atoms with Crippen LogP contribution in [0.3, 0.4) is 0 Å². The summed E-state index contributed by atoms with van der Waals surface area (Å²) in [5.74, 6) is 1.09. The average Bonchev–Trinajstić information content (AvgIpc) is 2.57. The zero-order chi connectivity index (χ0) is 18.4. The Morgan fingerprint density at radius 3 is 2.36 bits per heavy atom. The second-order valence-electron chi connectivity index (χ2n) is 7.20. The van der Waals surface area contributed by atoms with Crippen LogP contribution in [0, 0.1) is 11.8 Å². The summed E-state index contributed by atoms with van der Waals surface area (Å²) >= 11 is 5.54. The summed E-state index contributed by atoms with van der Waals surface area (Å²) in [6.07, 6.45) is 0. The van der Waals surface area contributed by atoms with E-state index in [1.54, 1.807) is 0 Å². The quantitative estimate of drug-likeness (QED) is 0.472. The lowest BCUT2D eigenvalue weighted by molar-refractivity contribution is 0.324. The Morgan fingerprint density at radius 1 is 1.08 bits per heavy atom. The Hall–Kier alpha value is -2.01. The molecule has 0 amide bonds. The van der Waals surface area contributed by atoms with Crippen LogP contribution in [-0.2, 0) is 0 Å². The van der Waals surface area contributed by atoms with Crippen molar-refractivity contribution in [3.63, 3.8) is 0 Å². The molecule has 1 aromatic heterocycles. The van der Waals surface area contributed by atoms with Gasteiger partial charge in [-0.15, -0.1) is 0 Å². The molecule has 5 heteroatoms. The third-order valence-corrected chi connectivity index (χ3v) is 4.10. The number of nitrogens with zero attached hydrogens (tertiary/aromatic N) is 3. The van der Waals surface area contributed by atoms with Crippen LogP contribution in [0.1, 0.15) is 40.3 Å². The second-order valence-corrected chi connectivity index (χ2v) is 7.58. The molecule has 0 bridgehead atoms. The van der Waals surface area contributed by atoms with Crippen LogP contribution in [0.25, 0.3) is 10.9 Å². The summed E-state index contributed by atoms with van der Waals surface area (Å²) in [6.45, 7) is 12.6. The summed E-state index contributed by atoms with van der Waals surface area (Å²) in [5.41, 5.74) is 5.69. The van der Waals surface area contributed by atoms with Crippen molar-refractivity contribution in [3.8, 4) is 0 Å². The average molecular weight is 357 g/mol. The predicted molar refractivity (Wildman–Crippen MR) is 111 cm³/mol. The fraction of sp³-hybridized carbons (Fsp3) is 0.450. The van der Waals surface area contributed by atoms with Crippen molar-refractivity contribution in [3.05, 3.63) is 42.1 Å². The highest BCUT2D eigenvalue weighted by Crippen LogP contribution is 2.12. The molecule has 0 aliphatic heterocycles. The maximum atomic E-state index is 5.54. The molecule has 25 heavy (non-hydrogen) atoms. The summed E-state index contributed by atoms with van der Waals surface area (Å²) in [6, 6.07) is 12.1. The number of para-hydroxylation sites is 1. The van der Waals surface area contributed by atoms with E-state index in [-0.39, 0.29) is 0 Å². The van der Waals surface area contributed by atoms with Crippen LogP contribution < -0.4 is 5.43 Å². The summed E-state index contributed by atoms with van der Waals surface area (Å²) < 4.78 is 0. The molecule has 1 N–H and O–H groups in total. The van der Waals surface area contributed by atoms with Crippen LogP contribution >= 0.6 is 12.2 Å². The largest absolute Gasteiger partial charge is 0.347 e. The van der Waals surface area contributed by atoms with Crippen LogP contribution in [0.4, 0.5) is 0 Å². The highest BCUT2D eigenvalue weighted by molar-refractivity contribution is 7.80. The first-order chi connectivity index (χ1) is 11.9. The Bertz CT molecular complexity index is 742. The number of rotatable bonds is 6. The van der Waals surface area contributed by atoms with Gasteiger partial charge in [-0.3, -0.25) is 5.43 Å². The number of hydrogen-bond donors (Lipinski definition) is 1. The SMILES string of the molecule is C/C(=N\NC(=S)N(CC(C)C)CC(C)C)c1ccc2ccccc2n1. The Labute approximate surface area is 156 Å². The van der Waals surface area contributed by atoms with Crippen molar-refractivity contribution < 1.29 is 0 Å². The van der Waals surface area contributed by atoms with Gasteiger partial charge in [0.25, 0.3) is 0 Å². The molecule has 2 aromatic rings. The molecule has 0 aliphatic rings. The molecule has 0 aliphatic carbocycles. The van der Waals surface area contributed by atoms with E-state index in [2.05, 4.69) is 60.2 Å². The lowest BCUT2D eigenvalue weighted by Gasteiger charge is -2.28. The standard InChI is InChI=1S/C20H28N4S/c1-14(2)12-24(13-15(3)4)20(25)23-22-16(5)18-11-10-17-8-6-7-9-19(17)21-18/h6-11,14-15H,12-13H2,1-5H3,(H,23,25)/b22-16+. The van der Waals surface area contributed by atoms with E-state index in [0.717, 1.165) is 35.4 Å². The van der Waals surface area contributed by atoms with Crippen molar-refractivity contribution >= 4 is 33.9 Å². The van der Waals surface area contributed by atoms with Gasteiger partial charge in [0.1, 0.15) is 0 Å². The minimum atomic E-state index is 0.547. The van der Waals surface area contributed by atoms with Crippen LogP contribution in [0.2, 0.25) is 0 Å². The second kappa shape index (κ2) is 8.90. The van der Waals surface area contributed by atoms with Crippen molar-refractivity contribution in [2.24, 2.45) is 16.9 Å². The molecule has 134 valence electrons. The van der Waals surface area contributed by atoms with Gasteiger partial charge in [0.05, 0.1) is 16.9 Å². The monoisotopic (exact) mass is 356 g/mol. The van der Waals surface area contributed by atoms with Gasteiger partial charge in [-0.1, -0.05) is 52.0 Å². The van der Waals surface area contributed by atoms with Crippen LogP contribution in [0.5, 0.6) is 0 Å². The van der Waals surface area contributed by atoms with E-state index in [1.165, 1.54) is 0 Å². The van der Waals surface area contributed by atoms with Gasteiger partial charge in [-0.05, 0) is 43.1 Å². The Balaban J connectivity index is 2.10. The number of pyridine rings is 1. The van der Waals surface area contributed by atoms with Crippen molar-refractivity contribution in [2.75, 3.05) is 13.1 Å². The van der Waals surface area contributed by atoms with Gasteiger partial charge in [-0.25, -0.2) is 4.98 Å². The number of thiocarbonyl (C=S) groups is 1. The topological polar surface area (TPSA) is 40.5 Å². The number of fused-ring (bicyclic) bond motifs is 1. The molecule has 0 saturated carbocycles. The first-order valence-corrected chi connectivity index (χ1v) is 9.23. The summed E-state index contributed by atoms with van der Waals surface area (Å²) in [5, 5.41) is 6.25. The highest BCUT2D eigenvalue weighted by atomic mass is 32.1. The fourth-order valence-corrected chi connectivity index (χ4v) is 2.84. The first-order valence-electron chi connectivity index (χ1n) is 8.82. The smallest absolute Gasteiger partial charge is 0.189 e. The van der Waals surface area contributed by atoms with Gasteiger partial charge >= 0.3 is 0 Å². The van der Waals surface area contributed by atoms with E-state index in [4.69, 9.17) is 12.2 Å². The maximum Gasteiger partial charge on any atom is 0.189 e. The lowest BCUT2D eigenvalue weighted by atomic mass is 10.1. The maximum absolute atomic E-state index is 5.54. The highest BCUT2D eigenvalue weighted by Gasteiger charge is 2.13. The van der Waals surface area contributed by atoms with Crippen molar-refractivity contribution in [1.82, 2.24) is 15.3 Å². The lowest BCUT2D eigenvalue weighted by Crippen LogP contribution is -2.42. The number of hydrazone groups is 1. The molecule has 0 spiro atoms. The Morgan fingerprint density at radius 2 is 1.72 bits per heavy atom. The van der Waals surface area contributed by atoms with Crippen molar-refractivity contribution in [1.29, 1.82) is 0 Å². The molecule has 1 aromatic carbocycles. The molecule has 0 saturated heterocycles. The van der Waals surface area contributed by atoms with E-state index in [9.17, 15) is 0 Å². The summed E-state index contributed by atoms with van der Waals surface area (Å²) in [7, 11) is 0. The van der Waals surface area contributed by atoms with Crippen LogP contribution in [0.15, 0.2) is 41.5 Å². The summed E-state index contributed by atoms with van der Waals surface area (Å²) in [4.78, 5) is 6.86. The Kier molecular flexibility index (Phi) is 6.88. The normalized spacial score (nSPS) is 12.0. The molecule has 0 fully saturated rings. The zero-order valence-electron chi connectivity index (χ0n) is 15.8. The van der Waals surface area contributed by atoms with Gasteiger partial charge in [0.2, 0.25) is 0 Å². The number of aromatic nitrogens is 1. The number of hydrogen-bond acceptors (Lipinski definition) is 3. The zero-order valence-corrected chi connectivity index (χ0v) is 16.6. The minimum absolute atomic E-state index is 0.547. The van der Waals surface area contributed by atoms with E-state index >= 15 is 0 Å². The third-order valence-electron chi connectivity index (χ3n) is 3.75. The van der Waals surface area contributed by atoms with Gasteiger partial charge in [-0.2, -0.15) is 5.10 Å². The fourth-order valence-electron chi connectivity index (χ4n) is 2.65. The predicted octanol–water partition coefficient (Wildman–Crippen LogP) is 4.45. The molecule has 1 heterocycles. The third kappa shape index (κ3) is 5.78. The molecule has 0 radical (unpaired) electrons. The van der Waals surface area contributed by atoms with Gasteiger partial charge in [0.15, 0.2) is 5.11 Å². The minimum Gasteiger partial charge on any atom is -0.347 e. The van der Waals surface area contributed by atoms with E-state index in [0.29, 0.717) is 16.9 Å². The first kappa shape index (κ1) is 19.3. The number of benzene rings is 1. The van der Waals surface area contributed by atoms with Gasteiger partial charge < -0.3 is 4.90 Å². The van der Waals surface area contributed by atoms with Crippen LogP contribution in [-0.4, -0.2) is 33.8 Å². The molecule has 0 unspecified atom stereocenters. The molecule has 0 atom stereocenters. The van der Waals surface area contributed by atoms with E-state index in [1.807, 2.05) is 31.2 Å². The molecular formula is C20H28N4S. The number of nitrogens with one attached hydrogen (secondary N) is 1. The van der Waals surface area contributed by atoms with Crippen molar-refractivity contribution in [2.45, 2.75) is 34.6 Å². The van der Waals surface area contributed by atoms with E-state index < -0.39 is 0 Å². The molecule has 4 nitrogen and oxygen atoms in total. The van der Waals surface area contributed by atoms with Gasteiger partial charge in [0, 0.05) is 18.5 Å².